The molecule has 0 spiro atoms. The first-order chi connectivity index (χ1) is 9.79. The summed E-state index contributed by atoms with van der Waals surface area (Å²) < 4.78 is 0. The van der Waals surface area contributed by atoms with Gasteiger partial charge in [0.15, 0.2) is 0 Å². The molecule has 0 saturated heterocycles. The molecule has 1 fully saturated rings. The lowest BCUT2D eigenvalue weighted by molar-refractivity contribution is -0.119. The molecule has 0 heterocycles. The molecule has 1 aliphatic carbocycles. The first-order valence-corrected chi connectivity index (χ1v) is 7.35. The predicted molar refractivity (Wildman–Crippen MR) is 81.2 cm³/mol. The molecule has 0 bridgehead atoms. The summed E-state index contributed by atoms with van der Waals surface area (Å²) in [4.78, 5) is 10.9. The average molecular weight is 270 g/mol. The van der Waals surface area contributed by atoms with Crippen LogP contribution in [0.1, 0.15) is 49.1 Å². The highest BCUT2D eigenvalue weighted by atomic mass is 16.1. The highest BCUT2D eigenvalue weighted by Crippen LogP contribution is 2.32. The van der Waals surface area contributed by atoms with Gasteiger partial charge >= 0.3 is 0 Å². The molecule has 0 atom stereocenters. The van der Waals surface area contributed by atoms with Gasteiger partial charge in [0.2, 0.25) is 5.91 Å². The van der Waals surface area contributed by atoms with Gasteiger partial charge in [0.1, 0.15) is 0 Å². The summed E-state index contributed by atoms with van der Waals surface area (Å²) in [6, 6.07) is 8.53. The summed E-state index contributed by atoms with van der Waals surface area (Å²) in [6.07, 6.45) is 6.72. The molecule has 1 saturated carbocycles. The summed E-state index contributed by atoms with van der Waals surface area (Å²) in [5, 5.41) is 2.63. The van der Waals surface area contributed by atoms with Gasteiger partial charge in [-0.05, 0) is 36.5 Å². The van der Waals surface area contributed by atoms with Crippen molar-refractivity contribution >= 4 is 5.91 Å². The Kier molecular flexibility index (Phi) is 5.64. The van der Waals surface area contributed by atoms with Crippen LogP contribution in [-0.2, 0) is 4.79 Å². The van der Waals surface area contributed by atoms with Crippen molar-refractivity contribution in [2.45, 2.75) is 38.0 Å². The smallest absolute Gasteiger partial charge is 0.234 e. The number of nitrogens with two attached hydrogens (primary N) is 1. The van der Waals surface area contributed by atoms with Crippen molar-refractivity contribution in [2.75, 3.05) is 13.1 Å². The number of hydrogen-bond donors (Lipinski definition) is 2. The van der Waals surface area contributed by atoms with Gasteiger partial charge in [-0.3, -0.25) is 4.79 Å². The van der Waals surface area contributed by atoms with E-state index in [4.69, 9.17) is 5.73 Å². The first-order valence-electron chi connectivity index (χ1n) is 7.35. The van der Waals surface area contributed by atoms with E-state index in [2.05, 4.69) is 41.4 Å². The number of amides is 1. The van der Waals surface area contributed by atoms with Crippen LogP contribution in [0.5, 0.6) is 0 Å². The largest absolute Gasteiger partial charge is 0.344 e. The van der Waals surface area contributed by atoms with Crippen molar-refractivity contribution in [2.24, 2.45) is 5.73 Å². The van der Waals surface area contributed by atoms with Crippen LogP contribution in [-0.4, -0.2) is 19.0 Å². The topological polar surface area (TPSA) is 55.1 Å². The molecule has 20 heavy (non-hydrogen) atoms. The van der Waals surface area contributed by atoms with E-state index in [-0.39, 0.29) is 12.5 Å². The van der Waals surface area contributed by atoms with E-state index in [1.165, 1.54) is 37.7 Å². The number of carbonyl (C=O) groups is 1. The van der Waals surface area contributed by atoms with E-state index in [9.17, 15) is 4.79 Å². The molecule has 1 aliphatic rings. The quantitative estimate of drug-likeness (QED) is 0.827. The van der Waals surface area contributed by atoms with Crippen LogP contribution in [0, 0.1) is 11.8 Å². The molecule has 0 aromatic heterocycles. The van der Waals surface area contributed by atoms with Crippen LogP contribution < -0.4 is 11.1 Å². The third kappa shape index (κ3) is 4.40. The van der Waals surface area contributed by atoms with Gasteiger partial charge in [-0.15, -0.1) is 0 Å². The van der Waals surface area contributed by atoms with Crippen molar-refractivity contribution in [3.8, 4) is 11.8 Å². The Balaban J connectivity index is 1.88. The van der Waals surface area contributed by atoms with E-state index >= 15 is 0 Å². The third-order valence-electron chi connectivity index (χ3n) is 3.78. The van der Waals surface area contributed by atoms with Gasteiger partial charge in [0.05, 0.1) is 13.1 Å². The highest BCUT2D eigenvalue weighted by Gasteiger charge is 2.14. The Labute approximate surface area is 120 Å². The fourth-order valence-electron chi connectivity index (χ4n) is 2.64. The summed E-state index contributed by atoms with van der Waals surface area (Å²) in [6.45, 7) is 0.359. The van der Waals surface area contributed by atoms with Crippen molar-refractivity contribution < 1.29 is 4.79 Å². The Morgan fingerprint density at radius 2 is 1.90 bits per heavy atom. The fourth-order valence-corrected chi connectivity index (χ4v) is 2.64. The van der Waals surface area contributed by atoms with E-state index in [0.29, 0.717) is 6.54 Å². The van der Waals surface area contributed by atoms with Gasteiger partial charge < -0.3 is 11.1 Å². The molecule has 1 aromatic carbocycles. The zero-order valence-corrected chi connectivity index (χ0v) is 11.8. The molecule has 0 unspecified atom stereocenters. The molecule has 3 N–H and O–H groups in total. The van der Waals surface area contributed by atoms with Crippen molar-refractivity contribution in [1.29, 1.82) is 0 Å². The summed E-state index contributed by atoms with van der Waals surface area (Å²) >= 11 is 0. The van der Waals surface area contributed by atoms with E-state index < -0.39 is 0 Å². The number of hydrogen-bond acceptors (Lipinski definition) is 2. The van der Waals surface area contributed by atoms with Crippen molar-refractivity contribution in [1.82, 2.24) is 5.32 Å². The lowest BCUT2D eigenvalue weighted by Crippen LogP contribution is -2.30. The fraction of sp³-hybridized carbons (Fsp3) is 0.471. The van der Waals surface area contributed by atoms with E-state index in [1.807, 2.05) is 0 Å². The zero-order valence-electron chi connectivity index (χ0n) is 11.8. The molecule has 1 aromatic rings. The maximum Gasteiger partial charge on any atom is 0.234 e. The number of rotatable bonds is 3. The van der Waals surface area contributed by atoms with E-state index in [0.717, 1.165) is 11.5 Å². The number of carbonyl (C=O) groups excluding carboxylic acids is 1. The zero-order chi connectivity index (χ0) is 14.2. The van der Waals surface area contributed by atoms with Gasteiger partial charge in [-0.25, -0.2) is 0 Å². The van der Waals surface area contributed by atoms with Gasteiger partial charge in [-0.1, -0.05) is 43.2 Å². The summed E-state index contributed by atoms with van der Waals surface area (Å²) in [7, 11) is 0. The second-order valence-electron chi connectivity index (χ2n) is 5.24. The third-order valence-corrected chi connectivity index (χ3v) is 3.78. The van der Waals surface area contributed by atoms with Gasteiger partial charge in [0, 0.05) is 5.56 Å². The van der Waals surface area contributed by atoms with Crippen molar-refractivity contribution in [3.05, 3.63) is 35.4 Å². The van der Waals surface area contributed by atoms with Crippen LogP contribution in [0.4, 0.5) is 0 Å². The summed E-state index contributed by atoms with van der Waals surface area (Å²) in [5.74, 6) is 6.53. The molecular formula is C17H22N2O. The van der Waals surface area contributed by atoms with E-state index in [1.54, 1.807) is 0 Å². The van der Waals surface area contributed by atoms with Crippen LogP contribution >= 0.6 is 0 Å². The Morgan fingerprint density at radius 1 is 1.20 bits per heavy atom. The van der Waals surface area contributed by atoms with Crippen LogP contribution in [0.25, 0.3) is 0 Å². The van der Waals surface area contributed by atoms with Crippen LogP contribution in [0.15, 0.2) is 24.3 Å². The Morgan fingerprint density at radius 3 is 2.55 bits per heavy atom. The minimum Gasteiger partial charge on any atom is -0.344 e. The molecule has 3 heteroatoms. The predicted octanol–water partition coefficient (Wildman–Crippen LogP) is 2.16. The molecular weight excluding hydrogens is 248 g/mol. The lowest BCUT2D eigenvalue weighted by Gasteiger charge is -2.21. The maximum absolute atomic E-state index is 10.9. The number of nitrogens with one attached hydrogen (secondary N) is 1. The van der Waals surface area contributed by atoms with Crippen molar-refractivity contribution in [3.63, 3.8) is 0 Å². The first kappa shape index (κ1) is 14.6. The molecule has 0 radical (unpaired) electrons. The van der Waals surface area contributed by atoms with Crippen LogP contribution in [0.3, 0.4) is 0 Å². The molecule has 0 aliphatic heterocycles. The molecule has 1 amide bonds. The SMILES string of the molecule is NCC(=O)NCC#Cc1ccc(C2CCCCC2)cc1. The Hall–Kier alpha value is -1.79. The highest BCUT2D eigenvalue weighted by molar-refractivity contribution is 5.77. The molecule has 106 valence electrons. The normalized spacial score (nSPS) is 15.2. The van der Waals surface area contributed by atoms with Crippen LogP contribution in [0.2, 0.25) is 0 Å². The minimum absolute atomic E-state index is 0.0117. The lowest BCUT2D eigenvalue weighted by atomic mass is 9.84. The second-order valence-corrected chi connectivity index (χ2v) is 5.24. The number of benzene rings is 1. The second kappa shape index (κ2) is 7.72. The monoisotopic (exact) mass is 270 g/mol. The average Bonchev–Trinajstić information content (AvgIpc) is 2.52. The van der Waals surface area contributed by atoms with Gasteiger partial charge in [0.25, 0.3) is 0 Å². The Bertz CT molecular complexity index is 490. The standard InChI is InChI=1S/C17H22N2O/c18-13-17(20)19-12-4-5-14-8-10-16(11-9-14)15-6-2-1-3-7-15/h8-11,15H,1-3,6-7,12-13,18H2,(H,19,20). The minimum atomic E-state index is -0.174. The molecule has 2 rings (SSSR count). The summed E-state index contributed by atoms with van der Waals surface area (Å²) in [5.41, 5.74) is 7.62. The maximum atomic E-state index is 10.9. The molecule has 3 nitrogen and oxygen atoms in total. The van der Waals surface area contributed by atoms with Gasteiger partial charge in [-0.2, -0.15) is 0 Å².